The topological polar surface area (TPSA) is 36.3 Å². The Hall–Kier alpha value is -1.53. The fourth-order valence-corrected chi connectivity index (χ4v) is 3.10. The first-order valence-electron chi connectivity index (χ1n) is 7.59. The quantitative estimate of drug-likeness (QED) is 0.838. The van der Waals surface area contributed by atoms with Crippen molar-refractivity contribution in [3.63, 3.8) is 0 Å². The summed E-state index contributed by atoms with van der Waals surface area (Å²) in [5.41, 5.74) is 1.84. The number of hydrogen-bond donors (Lipinski definition) is 0. The minimum absolute atomic E-state index is 0.660. The number of rotatable bonds is 4. The predicted molar refractivity (Wildman–Crippen MR) is 80.7 cm³/mol. The van der Waals surface area contributed by atoms with E-state index < -0.39 is 0 Å². The lowest BCUT2D eigenvalue weighted by molar-refractivity contribution is 0.184. The number of hydrogen-bond acceptors (Lipinski definition) is 3. The summed E-state index contributed by atoms with van der Waals surface area (Å²) in [6.07, 6.45) is 6.43. The molecule has 0 bridgehead atoms. The molecule has 1 aliphatic heterocycles. The summed E-state index contributed by atoms with van der Waals surface area (Å²) in [4.78, 5) is 2.56. The second kappa shape index (κ2) is 7.31. The molecule has 1 heterocycles. The fraction of sp³-hybridized carbons (Fsp3) is 0.588. The third kappa shape index (κ3) is 3.52. The molecule has 0 spiro atoms. The molecule has 3 nitrogen and oxygen atoms in total. The van der Waals surface area contributed by atoms with E-state index in [0.717, 1.165) is 24.4 Å². The minimum Gasteiger partial charge on any atom is -0.496 e. The van der Waals surface area contributed by atoms with E-state index in [4.69, 9.17) is 10.00 Å². The number of methoxy groups -OCH3 is 1. The smallest absolute Gasteiger partial charge is 0.123 e. The van der Waals surface area contributed by atoms with E-state index in [9.17, 15) is 0 Å². The number of likely N-dealkylation sites (tertiary alicyclic amines) is 1. The van der Waals surface area contributed by atoms with Crippen LogP contribution in [0.2, 0.25) is 0 Å². The van der Waals surface area contributed by atoms with Gasteiger partial charge in [-0.1, -0.05) is 19.8 Å². The van der Waals surface area contributed by atoms with Gasteiger partial charge in [0.15, 0.2) is 0 Å². The molecular formula is C17H24N2O. The monoisotopic (exact) mass is 272 g/mol. The molecule has 1 fully saturated rings. The molecule has 3 heteroatoms. The highest BCUT2D eigenvalue weighted by Crippen LogP contribution is 2.26. The first kappa shape index (κ1) is 14.9. The summed E-state index contributed by atoms with van der Waals surface area (Å²) in [5.74, 6) is 0.892. The lowest BCUT2D eigenvalue weighted by Crippen LogP contribution is -2.33. The van der Waals surface area contributed by atoms with Gasteiger partial charge in [-0.3, -0.25) is 4.90 Å². The van der Waals surface area contributed by atoms with Crippen LogP contribution in [0.1, 0.15) is 50.2 Å². The van der Waals surface area contributed by atoms with Gasteiger partial charge >= 0.3 is 0 Å². The van der Waals surface area contributed by atoms with Crippen LogP contribution in [-0.4, -0.2) is 24.6 Å². The number of ether oxygens (including phenoxy) is 1. The lowest BCUT2D eigenvalue weighted by atomic mass is 10.1. The molecule has 1 aliphatic rings. The molecule has 1 aromatic rings. The van der Waals surface area contributed by atoms with E-state index in [2.05, 4.69) is 17.9 Å². The summed E-state index contributed by atoms with van der Waals surface area (Å²) in [5, 5.41) is 9.07. The van der Waals surface area contributed by atoms with Crippen molar-refractivity contribution in [2.75, 3.05) is 13.7 Å². The highest BCUT2D eigenvalue weighted by molar-refractivity contribution is 5.42. The maximum Gasteiger partial charge on any atom is 0.123 e. The minimum atomic E-state index is 0.660. The third-order valence-electron chi connectivity index (χ3n) is 4.25. The largest absolute Gasteiger partial charge is 0.496 e. The van der Waals surface area contributed by atoms with Crippen LogP contribution >= 0.6 is 0 Å². The Bertz CT molecular complexity index is 478. The van der Waals surface area contributed by atoms with E-state index in [1.807, 2.05) is 18.2 Å². The molecule has 2 rings (SSSR count). The zero-order valence-corrected chi connectivity index (χ0v) is 12.6. The second-order valence-electron chi connectivity index (χ2n) is 5.52. The molecule has 1 aromatic carbocycles. The van der Waals surface area contributed by atoms with Gasteiger partial charge < -0.3 is 4.74 Å². The summed E-state index contributed by atoms with van der Waals surface area (Å²) < 4.78 is 5.45. The molecule has 0 aliphatic carbocycles. The van der Waals surface area contributed by atoms with Crippen molar-refractivity contribution in [2.45, 2.75) is 51.6 Å². The molecule has 0 aromatic heterocycles. The van der Waals surface area contributed by atoms with E-state index in [1.165, 1.54) is 32.1 Å². The Balaban J connectivity index is 2.20. The molecule has 1 saturated heterocycles. The summed E-state index contributed by atoms with van der Waals surface area (Å²) in [6, 6.07) is 8.58. The first-order valence-corrected chi connectivity index (χ1v) is 7.59. The molecule has 0 radical (unpaired) electrons. The summed E-state index contributed by atoms with van der Waals surface area (Å²) in [7, 11) is 1.70. The highest BCUT2D eigenvalue weighted by Gasteiger charge is 2.20. The van der Waals surface area contributed by atoms with E-state index in [1.54, 1.807) is 7.11 Å². The average molecular weight is 272 g/mol. The normalized spacial score (nSPS) is 20.1. The van der Waals surface area contributed by atoms with Crippen molar-refractivity contribution >= 4 is 0 Å². The van der Waals surface area contributed by atoms with Crippen molar-refractivity contribution < 1.29 is 4.74 Å². The lowest BCUT2D eigenvalue weighted by Gasteiger charge is -2.29. The van der Waals surface area contributed by atoms with Crippen LogP contribution in [0.25, 0.3) is 0 Å². The van der Waals surface area contributed by atoms with Crippen molar-refractivity contribution in [2.24, 2.45) is 0 Å². The van der Waals surface area contributed by atoms with Gasteiger partial charge in [0.1, 0.15) is 5.75 Å². The summed E-state index contributed by atoms with van der Waals surface area (Å²) in [6.45, 7) is 4.31. The fourth-order valence-electron chi connectivity index (χ4n) is 3.10. The molecule has 1 atom stereocenters. The first-order chi connectivity index (χ1) is 9.78. The van der Waals surface area contributed by atoms with Crippen molar-refractivity contribution in [3.05, 3.63) is 29.3 Å². The van der Waals surface area contributed by atoms with Crippen molar-refractivity contribution in [3.8, 4) is 11.8 Å². The molecule has 108 valence electrons. The Kier molecular flexibility index (Phi) is 5.43. The molecule has 20 heavy (non-hydrogen) atoms. The van der Waals surface area contributed by atoms with Gasteiger partial charge in [0.25, 0.3) is 0 Å². The average Bonchev–Trinajstić information content (AvgIpc) is 2.72. The van der Waals surface area contributed by atoms with Gasteiger partial charge in [0.2, 0.25) is 0 Å². The zero-order valence-electron chi connectivity index (χ0n) is 12.6. The van der Waals surface area contributed by atoms with Crippen LogP contribution in [0, 0.1) is 11.3 Å². The Labute approximate surface area is 122 Å². The van der Waals surface area contributed by atoms with Crippen molar-refractivity contribution in [1.29, 1.82) is 5.26 Å². The van der Waals surface area contributed by atoms with Crippen LogP contribution in [0.5, 0.6) is 5.75 Å². The molecule has 0 amide bonds. The van der Waals surface area contributed by atoms with Gasteiger partial charge in [-0.25, -0.2) is 0 Å². The van der Waals surface area contributed by atoms with Crippen LogP contribution in [0.15, 0.2) is 18.2 Å². The van der Waals surface area contributed by atoms with Crippen LogP contribution in [-0.2, 0) is 6.54 Å². The molecule has 0 saturated carbocycles. The van der Waals surface area contributed by atoms with E-state index >= 15 is 0 Å². The van der Waals surface area contributed by atoms with E-state index in [-0.39, 0.29) is 0 Å². The Morgan fingerprint density at radius 2 is 2.20 bits per heavy atom. The Morgan fingerprint density at radius 3 is 2.90 bits per heavy atom. The van der Waals surface area contributed by atoms with Gasteiger partial charge in [-0.05, 0) is 44.0 Å². The zero-order chi connectivity index (χ0) is 14.4. The third-order valence-corrected chi connectivity index (χ3v) is 4.25. The number of nitriles is 1. The van der Waals surface area contributed by atoms with Crippen LogP contribution < -0.4 is 4.74 Å². The standard InChI is InChI=1S/C17H24N2O/c1-3-16-7-5-4-6-10-19(16)13-15-11-14(12-18)8-9-17(15)20-2/h8-9,11,16H,3-7,10,13H2,1-2H3. The maximum atomic E-state index is 9.07. The van der Waals surface area contributed by atoms with Crippen LogP contribution in [0.4, 0.5) is 0 Å². The van der Waals surface area contributed by atoms with Gasteiger partial charge in [0, 0.05) is 18.2 Å². The summed E-state index contributed by atoms with van der Waals surface area (Å²) >= 11 is 0. The predicted octanol–water partition coefficient (Wildman–Crippen LogP) is 3.72. The van der Waals surface area contributed by atoms with Gasteiger partial charge in [-0.15, -0.1) is 0 Å². The van der Waals surface area contributed by atoms with Gasteiger partial charge in [0.05, 0.1) is 18.7 Å². The SMILES string of the molecule is CCC1CCCCCN1Cc1cc(C#N)ccc1OC. The molecular weight excluding hydrogens is 248 g/mol. The van der Waals surface area contributed by atoms with Gasteiger partial charge in [-0.2, -0.15) is 5.26 Å². The molecule has 1 unspecified atom stereocenters. The second-order valence-corrected chi connectivity index (χ2v) is 5.52. The van der Waals surface area contributed by atoms with Crippen molar-refractivity contribution in [1.82, 2.24) is 4.90 Å². The maximum absolute atomic E-state index is 9.07. The number of benzene rings is 1. The highest BCUT2D eigenvalue weighted by atomic mass is 16.5. The molecule has 0 N–H and O–H groups in total. The Morgan fingerprint density at radius 1 is 1.35 bits per heavy atom. The van der Waals surface area contributed by atoms with E-state index in [0.29, 0.717) is 11.6 Å². The number of nitrogens with zero attached hydrogens (tertiary/aromatic N) is 2. The van der Waals surface area contributed by atoms with Crippen LogP contribution in [0.3, 0.4) is 0 Å².